The van der Waals surface area contributed by atoms with Gasteiger partial charge in [-0.15, -0.1) is 0 Å². The van der Waals surface area contributed by atoms with Crippen molar-refractivity contribution < 1.29 is 18.8 Å². The molecule has 0 fully saturated rings. The maximum atomic E-state index is 11.6. The first kappa shape index (κ1) is 14.8. The predicted molar refractivity (Wildman–Crippen MR) is 74.2 cm³/mol. The van der Waals surface area contributed by atoms with E-state index in [1.807, 2.05) is 24.3 Å². The van der Waals surface area contributed by atoms with Gasteiger partial charge in [0.15, 0.2) is 5.82 Å². The van der Waals surface area contributed by atoms with Gasteiger partial charge in [-0.05, 0) is 24.3 Å². The highest BCUT2D eigenvalue weighted by Crippen LogP contribution is 2.16. The number of ether oxygens (including phenoxy) is 2. The van der Waals surface area contributed by atoms with Crippen LogP contribution in [0.4, 0.5) is 0 Å². The number of rotatable bonds is 7. The standard InChI is InChI=1S/C14H17N3O4/c1-10-16-13(17-21-10)9-14(18)15-7-8-20-12-5-3-11(19-2)4-6-12/h3-6H,7-9H2,1-2H3,(H,15,18). The maximum Gasteiger partial charge on any atom is 0.227 e. The third-order valence-corrected chi connectivity index (χ3v) is 2.64. The van der Waals surface area contributed by atoms with Crippen molar-refractivity contribution in [2.75, 3.05) is 20.3 Å². The Balaban J connectivity index is 1.65. The lowest BCUT2D eigenvalue weighted by Gasteiger charge is -2.07. The third kappa shape index (κ3) is 4.79. The van der Waals surface area contributed by atoms with Crippen molar-refractivity contribution in [2.45, 2.75) is 13.3 Å². The Hall–Kier alpha value is -2.57. The molecule has 0 atom stereocenters. The molecule has 0 aliphatic carbocycles. The first-order valence-electron chi connectivity index (χ1n) is 6.50. The van der Waals surface area contributed by atoms with Crippen molar-refractivity contribution >= 4 is 5.91 Å². The normalized spacial score (nSPS) is 10.2. The van der Waals surface area contributed by atoms with Crippen LogP contribution in [-0.2, 0) is 11.2 Å². The van der Waals surface area contributed by atoms with Crippen molar-refractivity contribution in [1.29, 1.82) is 0 Å². The van der Waals surface area contributed by atoms with Crippen LogP contribution in [0, 0.1) is 6.92 Å². The van der Waals surface area contributed by atoms with Crippen LogP contribution in [0.15, 0.2) is 28.8 Å². The van der Waals surface area contributed by atoms with Gasteiger partial charge in [-0.2, -0.15) is 4.98 Å². The number of hydrogen-bond acceptors (Lipinski definition) is 6. The van der Waals surface area contributed by atoms with Crippen LogP contribution in [0.25, 0.3) is 0 Å². The molecule has 2 rings (SSSR count). The van der Waals surface area contributed by atoms with Gasteiger partial charge in [0.25, 0.3) is 0 Å². The number of benzene rings is 1. The molecule has 21 heavy (non-hydrogen) atoms. The van der Waals surface area contributed by atoms with Crippen molar-refractivity contribution in [3.8, 4) is 11.5 Å². The molecule has 7 heteroatoms. The zero-order chi connectivity index (χ0) is 15.1. The fourth-order valence-electron chi connectivity index (χ4n) is 1.65. The number of methoxy groups -OCH3 is 1. The highest BCUT2D eigenvalue weighted by molar-refractivity contribution is 5.77. The Kier molecular flexibility index (Phi) is 5.14. The van der Waals surface area contributed by atoms with Crippen molar-refractivity contribution in [3.05, 3.63) is 36.0 Å². The summed E-state index contributed by atoms with van der Waals surface area (Å²) in [6, 6.07) is 7.24. The van der Waals surface area contributed by atoms with Gasteiger partial charge in [0.1, 0.15) is 18.1 Å². The lowest BCUT2D eigenvalue weighted by atomic mass is 10.3. The van der Waals surface area contributed by atoms with E-state index in [0.717, 1.165) is 11.5 Å². The zero-order valence-corrected chi connectivity index (χ0v) is 12.0. The van der Waals surface area contributed by atoms with Gasteiger partial charge in [0.2, 0.25) is 11.8 Å². The topological polar surface area (TPSA) is 86.5 Å². The Morgan fingerprint density at radius 3 is 2.62 bits per heavy atom. The lowest BCUT2D eigenvalue weighted by Crippen LogP contribution is -2.29. The van der Waals surface area contributed by atoms with Crippen LogP contribution in [0.3, 0.4) is 0 Å². The number of aromatic nitrogens is 2. The molecule has 1 N–H and O–H groups in total. The zero-order valence-electron chi connectivity index (χ0n) is 12.0. The van der Waals surface area contributed by atoms with E-state index in [-0.39, 0.29) is 12.3 Å². The number of carbonyl (C=O) groups excluding carboxylic acids is 1. The van der Waals surface area contributed by atoms with Crippen molar-refractivity contribution in [3.63, 3.8) is 0 Å². The second-order valence-corrected chi connectivity index (χ2v) is 4.28. The fourth-order valence-corrected chi connectivity index (χ4v) is 1.65. The summed E-state index contributed by atoms with van der Waals surface area (Å²) < 4.78 is 15.3. The summed E-state index contributed by atoms with van der Waals surface area (Å²) in [6.07, 6.45) is 0.0971. The Morgan fingerprint density at radius 2 is 2.00 bits per heavy atom. The summed E-state index contributed by atoms with van der Waals surface area (Å²) in [4.78, 5) is 15.6. The summed E-state index contributed by atoms with van der Waals surface area (Å²) >= 11 is 0. The highest BCUT2D eigenvalue weighted by Gasteiger charge is 2.08. The monoisotopic (exact) mass is 291 g/mol. The molecule has 1 aromatic carbocycles. The molecule has 0 aliphatic heterocycles. The molecule has 0 spiro atoms. The van der Waals surface area contributed by atoms with Crippen LogP contribution in [0.1, 0.15) is 11.7 Å². The number of carbonyl (C=O) groups is 1. The van der Waals surface area contributed by atoms with Gasteiger partial charge in [0.05, 0.1) is 20.1 Å². The van der Waals surface area contributed by atoms with E-state index in [9.17, 15) is 4.79 Å². The highest BCUT2D eigenvalue weighted by atomic mass is 16.5. The molecular weight excluding hydrogens is 274 g/mol. The number of amides is 1. The van der Waals surface area contributed by atoms with Crippen LogP contribution in [-0.4, -0.2) is 36.3 Å². The smallest absolute Gasteiger partial charge is 0.227 e. The second-order valence-electron chi connectivity index (χ2n) is 4.28. The molecule has 0 aliphatic rings. The first-order chi connectivity index (χ1) is 10.2. The molecule has 1 aromatic heterocycles. The molecule has 112 valence electrons. The Morgan fingerprint density at radius 1 is 1.29 bits per heavy atom. The van der Waals surface area contributed by atoms with Gasteiger partial charge in [-0.25, -0.2) is 0 Å². The average Bonchev–Trinajstić information content (AvgIpc) is 2.89. The van der Waals surface area contributed by atoms with Crippen LogP contribution >= 0.6 is 0 Å². The van der Waals surface area contributed by atoms with Gasteiger partial charge in [-0.1, -0.05) is 5.16 Å². The molecule has 7 nitrogen and oxygen atoms in total. The number of nitrogens with zero attached hydrogens (tertiary/aromatic N) is 2. The van der Waals surface area contributed by atoms with Crippen LogP contribution < -0.4 is 14.8 Å². The predicted octanol–water partition coefficient (Wildman–Crippen LogP) is 1.12. The van der Waals surface area contributed by atoms with Gasteiger partial charge in [-0.3, -0.25) is 4.79 Å². The van der Waals surface area contributed by atoms with Crippen molar-refractivity contribution in [2.24, 2.45) is 0 Å². The summed E-state index contributed by atoms with van der Waals surface area (Å²) in [6.45, 7) is 2.46. The van der Waals surface area contributed by atoms with E-state index >= 15 is 0 Å². The Labute approximate surface area is 122 Å². The van der Waals surface area contributed by atoms with Gasteiger partial charge in [0, 0.05) is 6.92 Å². The maximum absolute atomic E-state index is 11.6. The fraction of sp³-hybridized carbons (Fsp3) is 0.357. The lowest BCUT2D eigenvalue weighted by molar-refractivity contribution is -0.120. The SMILES string of the molecule is COc1ccc(OCCNC(=O)Cc2noc(C)n2)cc1. The van der Waals surface area contributed by atoms with Crippen LogP contribution in [0.5, 0.6) is 11.5 Å². The largest absolute Gasteiger partial charge is 0.497 e. The van der Waals surface area contributed by atoms with E-state index in [0.29, 0.717) is 24.9 Å². The molecule has 1 amide bonds. The van der Waals surface area contributed by atoms with E-state index in [4.69, 9.17) is 14.0 Å². The molecule has 0 saturated heterocycles. The van der Waals surface area contributed by atoms with Gasteiger partial charge < -0.3 is 19.3 Å². The summed E-state index contributed by atoms with van der Waals surface area (Å²) in [5.74, 6) is 2.14. The summed E-state index contributed by atoms with van der Waals surface area (Å²) in [7, 11) is 1.61. The van der Waals surface area contributed by atoms with E-state index < -0.39 is 0 Å². The van der Waals surface area contributed by atoms with E-state index in [1.54, 1.807) is 14.0 Å². The molecule has 0 bridgehead atoms. The quantitative estimate of drug-likeness (QED) is 0.769. The van der Waals surface area contributed by atoms with E-state index in [2.05, 4.69) is 15.5 Å². The summed E-state index contributed by atoms with van der Waals surface area (Å²) in [5, 5.41) is 6.38. The third-order valence-electron chi connectivity index (χ3n) is 2.64. The second kappa shape index (κ2) is 7.28. The minimum absolute atomic E-state index is 0.0971. The van der Waals surface area contributed by atoms with E-state index in [1.165, 1.54) is 0 Å². The first-order valence-corrected chi connectivity index (χ1v) is 6.50. The molecular formula is C14H17N3O4. The molecule has 0 saturated carbocycles. The number of aryl methyl sites for hydroxylation is 1. The molecule has 1 heterocycles. The Bertz CT molecular complexity index is 580. The van der Waals surface area contributed by atoms with Crippen molar-refractivity contribution in [1.82, 2.24) is 15.5 Å². The summed E-state index contributed by atoms with van der Waals surface area (Å²) in [5.41, 5.74) is 0. The molecule has 2 aromatic rings. The van der Waals surface area contributed by atoms with Crippen LogP contribution in [0.2, 0.25) is 0 Å². The van der Waals surface area contributed by atoms with Gasteiger partial charge >= 0.3 is 0 Å². The minimum atomic E-state index is -0.172. The molecule has 0 radical (unpaired) electrons. The molecule has 0 unspecified atom stereocenters. The average molecular weight is 291 g/mol. The number of hydrogen-bond donors (Lipinski definition) is 1. The minimum Gasteiger partial charge on any atom is -0.497 e. The number of nitrogens with one attached hydrogen (secondary N) is 1.